The summed E-state index contributed by atoms with van der Waals surface area (Å²) in [5.74, 6) is 0.628. The topological polar surface area (TPSA) is 85.0 Å². The minimum absolute atomic E-state index is 0.0382. The van der Waals surface area contributed by atoms with E-state index in [1.807, 2.05) is 12.1 Å². The summed E-state index contributed by atoms with van der Waals surface area (Å²) in [6.45, 7) is 1.63. The van der Waals surface area contributed by atoms with Crippen molar-refractivity contribution in [3.63, 3.8) is 0 Å². The SMILES string of the molecule is NC(=O)N(CCOCCO)CCOc1[c]cccc1. The highest BCUT2D eigenvalue weighted by molar-refractivity contribution is 5.71. The molecule has 0 unspecified atom stereocenters. The van der Waals surface area contributed by atoms with Crippen LogP contribution in [0.25, 0.3) is 0 Å². The molecule has 0 aliphatic carbocycles. The number of para-hydroxylation sites is 1. The van der Waals surface area contributed by atoms with E-state index in [0.29, 0.717) is 32.1 Å². The lowest BCUT2D eigenvalue weighted by atomic mass is 10.3. The van der Waals surface area contributed by atoms with E-state index in [0.717, 1.165) is 0 Å². The van der Waals surface area contributed by atoms with Crippen molar-refractivity contribution in [1.82, 2.24) is 4.90 Å². The number of aliphatic hydroxyl groups excluding tert-OH is 1. The lowest BCUT2D eigenvalue weighted by Gasteiger charge is -2.20. The average molecular weight is 267 g/mol. The molecule has 3 N–H and O–H groups in total. The van der Waals surface area contributed by atoms with Crippen LogP contribution in [0.15, 0.2) is 24.3 Å². The maximum Gasteiger partial charge on any atom is 0.314 e. The fourth-order valence-corrected chi connectivity index (χ4v) is 1.41. The van der Waals surface area contributed by atoms with Crippen molar-refractivity contribution in [3.8, 4) is 5.75 Å². The van der Waals surface area contributed by atoms with Gasteiger partial charge in [0.1, 0.15) is 12.4 Å². The van der Waals surface area contributed by atoms with E-state index in [1.165, 1.54) is 4.90 Å². The van der Waals surface area contributed by atoms with E-state index >= 15 is 0 Å². The molecule has 105 valence electrons. The zero-order valence-electron chi connectivity index (χ0n) is 10.7. The molecule has 0 aromatic heterocycles. The molecule has 0 heterocycles. The van der Waals surface area contributed by atoms with Gasteiger partial charge in [-0.3, -0.25) is 0 Å². The second-order valence-electron chi connectivity index (χ2n) is 3.74. The molecule has 0 bridgehead atoms. The predicted molar refractivity (Wildman–Crippen MR) is 69.8 cm³/mol. The van der Waals surface area contributed by atoms with E-state index in [2.05, 4.69) is 6.07 Å². The largest absolute Gasteiger partial charge is 0.491 e. The van der Waals surface area contributed by atoms with Crippen molar-refractivity contribution >= 4 is 6.03 Å². The monoisotopic (exact) mass is 267 g/mol. The minimum Gasteiger partial charge on any atom is -0.491 e. The van der Waals surface area contributed by atoms with Crippen LogP contribution in [0.4, 0.5) is 4.79 Å². The maximum absolute atomic E-state index is 11.2. The molecule has 1 aromatic carbocycles. The molecule has 0 fully saturated rings. The van der Waals surface area contributed by atoms with Gasteiger partial charge in [0.15, 0.2) is 0 Å². The Bertz CT molecular complexity index is 359. The first-order valence-corrected chi connectivity index (χ1v) is 6.06. The van der Waals surface area contributed by atoms with Gasteiger partial charge in [-0.05, 0) is 6.07 Å². The van der Waals surface area contributed by atoms with Gasteiger partial charge in [-0.25, -0.2) is 4.79 Å². The lowest BCUT2D eigenvalue weighted by molar-refractivity contribution is 0.0774. The van der Waals surface area contributed by atoms with Crippen molar-refractivity contribution < 1.29 is 19.4 Å². The fourth-order valence-electron chi connectivity index (χ4n) is 1.41. The van der Waals surface area contributed by atoms with Gasteiger partial charge in [0.2, 0.25) is 0 Å². The van der Waals surface area contributed by atoms with E-state index in [9.17, 15) is 4.79 Å². The molecule has 1 rings (SSSR count). The summed E-state index contributed by atoms with van der Waals surface area (Å²) < 4.78 is 10.5. The molecule has 0 aliphatic heterocycles. The Morgan fingerprint density at radius 3 is 2.74 bits per heavy atom. The van der Waals surface area contributed by atoms with Crippen molar-refractivity contribution in [1.29, 1.82) is 0 Å². The van der Waals surface area contributed by atoms with Gasteiger partial charge >= 0.3 is 6.03 Å². The number of nitrogens with two attached hydrogens (primary N) is 1. The molecule has 1 radical (unpaired) electrons. The van der Waals surface area contributed by atoms with E-state index < -0.39 is 6.03 Å². The highest BCUT2D eigenvalue weighted by Gasteiger charge is 2.09. The maximum atomic E-state index is 11.2. The van der Waals surface area contributed by atoms with Gasteiger partial charge in [-0.2, -0.15) is 0 Å². The second kappa shape index (κ2) is 9.18. The van der Waals surface area contributed by atoms with Crippen LogP contribution in [0, 0.1) is 6.07 Å². The molecule has 0 saturated heterocycles. The molecule has 6 nitrogen and oxygen atoms in total. The zero-order chi connectivity index (χ0) is 13.9. The standard InChI is InChI=1S/C13H19N2O4/c14-13(17)15(6-9-18-11-8-16)7-10-19-12-4-2-1-3-5-12/h1-4,16H,6-11H2,(H2,14,17). The van der Waals surface area contributed by atoms with Crippen molar-refractivity contribution in [2.75, 3.05) is 39.5 Å². The number of rotatable bonds is 9. The summed E-state index contributed by atoms with van der Waals surface area (Å²) in [4.78, 5) is 12.6. The number of carbonyl (C=O) groups is 1. The van der Waals surface area contributed by atoms with E-state index in [1.54, 1.807) is 12.1 Å². The highest BCUT2D eigenvalue weighted by atomic mass is 16.5. The molecule has 19 heavy (non-hydrogen) atoms. The number of amides is 2. The van der Waals surface area contributed by atoms with Crippen molar-refractivity contribution in [3.05, 3.63) is 30.3 Å². The van der Waals surface area contributed by atoms with E-state index in [-0.39, 0.29) is 13.2 Å². The summed E-state index contributed by atoms with van der Waals surface area (Å²) >= 11 is 0. The number of primary amides is 1. The molecule has 0 spiro atoms. The zero-order valence-corrected chi connectivity index (χ0v) is 10.7. The van der Waals surface area contributed by atoms with Gasteiger partial charge in [-0.1, -0.05) is 18.2 Å². The number of hydrogen-bond donors (Lipinski definition) is 2. The number of hydrogen-bond acceptors (Lipinski definition) is 4. The Labute approximate surface area is 112 Å². The molecular weight excluding hydrogens is 248 g/mol. The van der Waals surface area contributed by atoms with Gasteiger partial charge in [0.05, 0.1) is 26.4 Å². The predicted octanol–water partition coefficient (Wildman–Crippen LogP) is 0.255. The van der Waals surface area contributed by atoms with Crippen molar-refractivity contribution in [2.45, 2.75) is 0 Å². The molecule has 0 atom stereocenters. The average Bonchev–Trinajstić information content (AvgIpc) is 2.42. The third-order valence-electron chi connectivity index (χ3n) is 2.35. The quantitative estimate of drug-likeness (QED) is 0.628. The third-order valence-corrected chi connectivity index (χ3v) is 2.35. The van der Waals surface area contributed by atoms with Gasteiger partial charge in [0.25, 0.3) is 0 Å². The van der Waals surface area contributed by atoms with Crippen LogP contribution in [0.3, 0.4) is 0 Å². The number of carbonyl (C=O) groups excluding carboxylic acids is 1. The molecular formula is C13H19N2O4. The van der Waals surface area contributed by atoms with Crippen LogP contribution in [0.5, 0.6) is 5.75 Å². The van der Waals surface area contributed by atoms with E-state index in [4.69, 9.17) is 20.3 Å². The minimum atomic E-state index is -0.520. The van der Waals surface area contributed by atoms with Crippen LogP contribution in [0.1, 0.15) is 0 Å². The van der Waals surface area contributed by atoms with Gasteiger partial charge < -0.3 is 25.2 Å². The molecule has 0 aliphatic rings. The molecule has 2 amide bonds. The molecule has 0 saturated carbocycles. The third kappa shape index (κ3) is 6.64. The number of benzene rings is 1. The number of urea groups is 1. The Morgan fingerprint density at radius 2 is 2.11 bits per heavy atom. The summed E-state index contributed by atoms with van der Waals surface area (Å²) in [7, 11) is 0. The summed E-state index contributed by atoms with van der Waals surface area (Å²) in [5, 5.41) is 8.55. The first kappa shape index (κ1) is 15.3. The Hall–Kier alpha value is -1.79. The lowest BCUT2D eigenvalue weighted by Crippen LogP contribution is -2.40. The first-order valence-electron chi connectivity index (χ1n) is 6.06. The summed E-state index contributed by atoms with van der Waals surface area (Å²) in [6.07, 6.45) is 0. The first-order chi connectivity index (χ1) is 9.24. The smallest absolute Gasteiger partial charge is 0.314 e. The fraction of sp³-hybridized carbons (Fsp3) is 0.462. The van der Waals surface area contributed by atoms with Crippen molar-refractivity contribution in [2.24, 2.45) is 5.73 Å². The Balaban J connectivity index is 2.24. The number of nitrogens with zero attached hydrogens (tertiary/aromatic N) is 1. The summed E-state index contributed by atoms with van der Waals surface area (Å²) in [5.41, 5.74) is 5.25. The molecule has 1 aromatic rings. The van der Waals surface area contributed by atoms with Gasteiger partial charge in [-0.15, -0.1) is 0 Å². The van der Waals surface area contributed by atoms with Crippen LogP contribution < -0.4 is 10.5 Å². The molecule has 6 heteroatoms. The second-order valence-corrected chi connectivity index (χ2v) is 3.74. The number of ether oxygens (including phenoxy) is 2. The summed E-state index contributed by atoms with van der Waals surface area (Å²) in [6, 6.07) is 9.64. The Morgan fingerprint density at radius 1 is 1.32 bits per heavy atom. The highest BCUT2D eigenvalue weighted by Crippen LogP contribution is 2.06. The number of aliphatic hydroxyl groups is 1. The van der Waals surface area contributed by atoms with Crippen LogP contribution in [-0.4, -0.2) is 55.6 Å². The van der Waals surface area contributed by atoms with Crippen LogP contribution in [-0.2, 0) is 4.74 Å². The van der Waals surface area contributed by atoms with Crippen LogP contribution in [0.2, 0.25) is 0 Å². The Kier molecular flexibility index (Phi) is 7.38. The van der Waals surface area contributed by atoms with Gasteiger partial charge in [0, 0.05) is 12.6 Å². The van der Waals surface area contributed by atoms with Crippen LogP contribution >= 0.6 is 0 Å². The normalized spacial score (nSPS) is 10.2.